The lowest BCUT2D eigenvalue weighted by Crippen LogP contribution is -2.22. The zero-order valence-corrected chi connectivity index (χ0v) is 17.6. The third kappa shape index (κ3) is 5.09. The fourth-order valence-corrected chi connectivity index (χ4v) is 3.59. The Morgan fingerprint density at radius 1 is 1.00 bits per heavy atom. The molecule has 0 bridgehead atoms. The van der Waals surface area contributed by atoms with E-state index < -0.39 is 11.7 Å². The van der Waals surface area contributed by atoms with Crippen molar-refractivity contribution in [1.29, 1.82) is 0 Å². The van der Waals surface area contributed by atoms with Crippen molar-refractivity contribution < 1.29 is 22.8 Å². The molecule has 0 saturated carbocycles. The summed E-state index contributed by atoms with van der Waals surface area (Å²) in [5.74, 6) is -0.393. The van der Waals surface area contributed by atoms with E-state index >= 15 is 0 Å². The smallest absolute Gasteiger partial charge is 0.409 e. The first-order chi connectivity index (χ1) is 15.7. The van der Waals surface area contributed by atoms with E-state index in [-0.39, 0.29) is 17.7 Å². The molecule has 0 aromatic heterocycles. The molecule has 1 heterocycles. The van der Waals surface area contributed by atoms with Crippen LogP contribution in [0.25, 0.3) is 0 Å². The maximum atomic E-state index is 13.5. The van der Waals surface area contributed by atoms with E-state index in [1.807, 2.05) is 0 Å². The molecule has 1 atom stereocenters. The molecule has 170 valence electrons. The van der Waals surface area contributed by atoms with Crippen molar-refractivity contribution >= 4 is 34.5 Å². The minimum absolute atomic E-state index is 0.0154. The molecule has 0 amide bonds. The number of hydrogen-bond acceptors (Lipinski definition) is 4. The van der Waals surface area contributed by atoms with Crippen LogP contribution >= 0.6 is 11.6 Å². The van der Waals surface area contributed by atoms with Gasteiger partial charge in [0, 0.05) is 17.1 Å². The van der Waals surface area contributed by atoms with E-state index in [0.717, 1.165) is 17.7 Å². The Bertz CT molecular complexity index is 1180. The number of nitrogens with zero attached hydrogens (tertiary/aromatic N) is 3. The quantitative estimate of drug-likeness (QED) is 0.145. The van der Waals surface area contributed by atoms with E-state index in [4.69, 9.17) is 11.6 Å². The van der Waals surface area contributed by atoms with Gasteiger partial charge in [0.05, 0.1) is 17.3 Å². The van der Waals surface area contributed by atoms with Gasteiger partial charge >= 0.3 is 6.18 Å². The van der Waals surface area contributed by atoms with Crippen LogP contribution in [0.5, 0.6) is 0 Å². The standard InChI is InChI=1S/C23H17ClF4N4O/c24-16-5-11-19(12-6-16)32-21(14-1-7-17(25)8-2-14)13-20(30-32)22(31-33)29-18-9-3-15(4-10-18)23(26,27)28/h1-12,21,33H,13H2,(H,29,31). The number of amidine groups is 1. The van der Waals surface area contributed by atoms with Gasteiger partial charge in [-0.3, -0.25) is 5.01 Å². The van der Waals surface area contributed by atoms with Gasteiger partial charge < -0.3 is 10.5 Å². The Morgan fingerprint density at radius 2 is 1.64 bits per heavy atom. The van der Waals surface area contributed by atoms with E-state index in [1.54, 1.807) is 41.4 Å². The van der Waals surface area contributed by atoms with Crippen LogP contribution in [0, 0.1) is 5.82 Å². The molecule has 10 heteroatoms. The van der Waals surface area contributed by atoms with Crippen LogP contribution in [-0.4, -0.2) is 16.8 Å². The van der Waals surface area contributed by atoms with Crippen LogP contribution in [0.1, 0.15) is 23.6 Å². The number of benzene rings is 3. The molecule has 1 aliphatic rings. The summed E-state index contributed by atoms with van der Waals surface area (Å²) < 4.78 is 51.9. The van der Waals surface area contributed by atoms with Gasteiger partial charge in [-0.25, -0.2) is 4.39 Å². The van der Waals surface area contributed by atoms with Gasteiger partial charge in [0.15, 0.2) is 5.84 Å². The average Bonchev–Trinajstić information content (AvgIpc) is 3.23. The Morgan fingerprint density at radius 3 is 2.21 bits per heavy atom. The molecule has 5 nitrogen and oxygen atoms in total. The summed E-state index contributed by atoms with van der Waals surface area (Å²) >= 11 is 5.99. The second kappa shape index (κ2) is 9.11. The fraction of sp³-hybridized carbons (Fsp3) is 0.130. The molecule has 0 aliphatic carbocycles. The van der Waals surface area contributed by atoms with E-state index in [9.17, 15) is 22.8 Å². The molecule has 1 aliphatic heterocycles. The topological polar surface area (TPSA) is 60.2 Å². The minimum atomic E-state index is -4.45. The maximum Gasteiger partial charge on any atom is 0.416 e. The molecule has 4 rings (SSSR count). The van der Waals surface area contributed by atoms with Crippen LogP contribution < -0.4 is 10.3 Å². The average molecular weight is 477 g/mol. The Labute approximate surface area is 191 Å². The van der Waals surface area contributed by atoms with Crippen LogP contribution in [0.15, 0.2) is 83.1 Å². The molecule has 3 aromatic rings. The second-order valence-electron chi connectivity index (χ2n) is 7.29. The number of oxime groups is 1. The molecular formula is C23H17ClF4N4O. The van der Waals surface area contributed by atoms with Crippen molar-refractivity contribution in [3.8, 4) is 0 Å². The molecule has 1 unspecified atom stereocenters. The summed E-state index contributed by atoms with van der Waals surface area (Å²) in [7, 11) is 0. The van der Waals surface area contributed by atoms with Gasteiger partial charge in [-0.2, -0.15) is 18.3 Å². The molecular weight excluding hydrogens is 460 g/mol. The first kappa shape index (κ1) is 22.6. The highest BCUT2D eigenvalue weighted by atomic mass is 35.5. The Kier molecular flexibility index (Phi) is 6.24. The van der Waals surface area contributed by atoms with Crippen LogP contribution in [0.3, 0.4) is 0 Å². The normalized spacial score (nSPS) is 16.6. The third-order valence-electron chi connectivity index (χ3n) is 5.10. The molecule has 0 saturated heterocycles. The van der Waals surface area contributed by atoms with Gasteiger partial charge in [0.1, 0.15) is 11.5 Å². The molecule has 33 heavy (non-hydrogen) atoms. The minimum Gasteiger partial charge on any atom is -0.409 e. The highest BCUT2D eigenvalue weighted by Gasteiger charge is 2.33. The summed E-state index contributed by atoms with van der Waals surface area (Å²) in [4.78, 5) is 0. The Balaban J connectivity index is 1.63. The SMILES string of the molecule is O/N=C(\Nc1ccc(C(F)(F)F)cc1)C1=NN(c2ccc(Cl)cc2)C(c2ccc(F)cc2)C1. The lowest BCUT2D eigenvalue weighted by molar-refractivity contribution is -0.137. The number of halogens is 5. The van der Waals surface area contributed by atoms with Crippen LogP contribution in [0.2, 0.25) is 5.02 Å². The van der Waals surface area contributed by atoms with Crippen molar-refractivity contribution in [3.05, 3.63) is 94.8 Å². The molecule has 0 spiro atoms. The third-order valence-corrected chi connectivity index (χ3v) is 5.36. The maximum absolute atomic E-state index is 13.5. The fourth-order valence-electron chi connectivity index (χ4n) is 3.46. The number of alkyl halides is 3. The molecule has 0 fully saturated rings. The van der Waals surface area contributed by atoms with Gasteiger partial charge in [0.2, 0.25) is 0 Å². The van der Waals surface area contributed by atoms with Crippen molar-refractivity contribution in [2.24, 2.45) is 10.3 Å². The predicted octanol–water partition coefficient (Wildman–Crippen LogP) is 6.71. The van der Waals surface area contributed by atoms with Gasteiger partial charge in [-0.1, -0.05) is 28.9 Å². The van der Waals surface area contributed by atoms with Crippen molar-refractivity contribution in [2.75, 3.05) is 10.3 Å². The van der Waals surface area contributed by atoms with Crippen LogP contribution in [-0.2, 0) is 6.18 Å². The van der Waals surface area contributed by atoms with Gasteiger partial charge in [-0.15, -0.1) is 0 Å². The monoisotopic (exact) mass is 476 g/mol. The van der Waals surface area contributed by atoms with Crippen molar-refractivity contribution in [3.63, 3.8) is 0 Å². The summed E-state index contributed by atoms with van der Waals surface area (Å²) in [5, 5.41) is 22.5. The lowest BCUT2D eigenvalue weighted by Gasteiger charge is -2.24. The summed E-state index contributed by atoms with van der Waals surface area (Å²) in [6, 6.07) is 16.9. The molecule has 0 radical (unpaired) electrons. The van der Waals surface area contributed by atoms with Gasteiger partial charge in [-0.05, 0) is 66.2 Å². The zero-order chi connectivity index (χ0) is 23.6. The number of hydrogen-bond donors (Lipinski definition) is 2. The number of hydrazone groups is 1. The van der Waals surface area contributed by atoms with E-state index in [2.05, 4.69) is 15.6 Å². The van der Waals surface area contributed by atoms with Gasteiger partial charge in [0.25, 0.3) is 0 Å². The summed E-state index contributed by atoms with van der Waals surface area (Å²) in [6.45, 7) is 0. The van der Waals surface area contributed by atoms with E-state index in [0.29, 0.717) is 28.5 Å². The number of nitrogens with one attached hydrogen (secondary N) is 1. The first-order valence-electron chi connectivity index (χ1n) is 9.79. The van der Waals surface area contributed by atoms with Crippen molar-refractivity contribution in [1.82, 2.24) is 0 Å². The lowest BCUT2D eigenvalue weighted by atomic mass is 10.0. The predicted molar refractivity (Wildman–Crippen MR) is 119 cm³/mol. The Hall–Kier alpha value is -3.59. The van der Waals surface area contributed by atoms with Crippen molar-refractivity contribution in [2.45, 2.75) is 18.6 Å². The first-order valence-corrected chi connectivity index (χ1v) is 10.2. The summed E-state index contributed by atoms with van der Waals surface area (Å²) in [5.41, 5.74) is 1.34. The number of anilines is 2. The van der Waals surface area contributed by atoms with Crippen LogP contribution in [0.4, 0.5) is 28.9 Å². The highest BCUT2D eigenvalue weighted by Crippen LogP contribution is 2.36. The van der Waals surface area contributed by atoms with E-state index in [1.165, 1.54) is 24.3 Å². The molecule has 3 aromatic carbocycles. The second-order valence-corrected chi connectivity index (χ2v) is 7.72. The molecule has 2 N–H and O–H groups in total. The summed E-state index contributed by atoms with van der Waals surface area (Å²) in [6.07, 6.45) is -4.16. The number of rotatable bonds is 4. The largest absolute Gasteiger partial charge is 0.416 e. The zero-order valence-electron chi connectivity index (χ0n) is 16.9. The highest BCUT2D eigenvalue weighted by molar-refractivity contribution is 6.46.